The van der Waals surface area contributed by atoms with Crippen LogP contribution in [0.2, 0.25) is 0 Å². The van der Waals surface area contributed by atoms with Crippen LogP contribution in [0.4, 0.5) is 0 Å². The molecule has 0 spiro atoms. The van der Waals surface area contributed by atoms with Crippen LogP contribution in [-0.2, 0) is 18.3 Å². The normalized spacial score (nSPS) is 20.4. The van der Waals surface area contributed by atoms with Gasteiger partial charge in [0.05, 0.1) is 12.2 Å². The lowest BCUT2D eigenvalue weighted by Gasteiger charge is -2.22. The molecule has 0 radical (unpaired) electrons. The van der Waals surface area contributed by atoms with Crippen molar-refractivity contribution in [3.05, 3.63) is 48.3 Å². The van der Waals surface area contributed by atoms with Crippen molar-refractivity contribution in [2.75, 3.05) is 0 Å². The Kier molecular flexibility index (Phi) is 4.95. The molecule has 3 rings (SSSR count). The van der Waals surface area contributed by atoms with Crippen molar-refractivity contribution in [2.45, 2.75) is 44.2 Å². The van der Waals surface area contributed by atoms with E-state index >= 15 is 0 Å². The first-order valence-corrected chi connectivity index (χ1v) is 8.19. The summed E-state index contributed by atoms with van der Waals surface area (Å²) in [7, 11) is 1.88. The van der Waals surface area contributed by atoms with Crippen LogP contribution in [0.5, 0.6) is 5.75 Å². The van der Waals surface area contributed by atoms with Gasteiger partial charge in [0.25, 0.3) is 0 Å². The number of amides is 1. The molecule has 1 amide bonds. The molecule has 122 valence electrons. The van der Waals surface area contributed by atoms with Crippen LogP contribution in [0, 0.1) is 0 Å². The molecule has 1 N–H and O–H groups in total. The molecule has 2 atom stereocenters. The third-order valence-electron chi connectivity index (χ3n) is 4.23. The van der Waals surface area contributed by atoms with E-state index in [-0.39, 0.29) is 18.1 Å². The second kappa shape index (κ2) is 7.31. The molecule has 23 heavy (non-hydrogen) atoms. The minimum atomic E-state index is 0.0692. The lowest BCUT2D eigenvalue weighted by Crippen LogP contribution is -2.42. The number of hydrogen-bond donors (Lipinski definition) is 1. The van der Waals surface area contributed by atoms with Gasteiger partial charge in [-0.15, -0.1) is 0 Å². The van der Waals surface area contributed by atoms with E-state index in [0.717, 1.165) is 37.0 Å². The molecule has 0 aliphatic heterocycles. The fraction of sp³-hybridized carbons (Fsp3) is 0.444. The number of nitrogens with zero attached hydrogens (tertiary/aromatic N) is 2. The second-order valence-corrected chi connectivity index (χ2v) is 6.10. The summed E-state index contributed by atoms with van der Waals surface area (Å²) in [6, 6.07) is 9.92. The molecule has 1 aromatic heterocycles. The Labute approximate surface area is 136 Å². The molecule has 0 bridgehead atoms. The van der Waals surface area contributed by atoms with Gasteiger partial charge in [0, 0.05) is 19.7 Å². The number of carbonyl (C=O) groups is 1. The summed E-state index contributed by atoms with van der Waals surface area (Å²) in [5.74, 6) is 0.955. The smallest absolute Gasteiger partial charge is 0.220 e. The van der Waals surface area contributed by atoms with Gasteiger partial charge >= 0.3 is 0 Å². The average molecular weight is 313 g/mol. The Bertz CT molecular complexity index is 639. The van der Waals surface area contributed by atoms with Gasteiger partial charge in [-0.05, 0) is 43.4 Å². The summed E-state index contributed by atoms with van der Waals surface area (Å²) in [6.07, 6.45) is 8.09. The third-order valence-corrected chi connectivity index (χ3v) is 4.23. The molecule has 0 saturated heterocycles. The molecule has 1 saturated carbocycles. The van der Waals surface area contributed by atoms with Gasteiger partial charge in [-0.3, -0.25) is 9.48 Å². The van der Waals surface area contributed by atoms with Crippen LogP contribution in [0.15, 0.2) is 42.7 Å². The minimum absolute atomic E-state index is 0.0692. The van der Waals surface area contributed by atoms with E-state index in [2.05, 4.69) is 10.4 Å². The van der Waals surface area contributed by atoms with Gasteiger partial charge in [0.1, 0.15) is 11.9 Å². The fourth-order valence-corrected chi connectivity index (χ4v) is 3.04. The quantitative estimate of drug-likeness (QED) is 0.891. The van der Waals surface area contributed by atoms with Gasteiger partial charge in [0.2, 0.25) is 5.91 Å². The zero-order chi connectivity index (χ0) is 16.1. The highest BCUT2D eigenvalue weighted by atomic mass is 16.5. The van der Waals surface area contributed by atoms with Crippen LogP contribution in [0.25, 0.3) is 0 Å². The van der Waals surface area contributed by atoms with Crippen molar-refractivity contribution in [3.8, 4) is 5.75 Å². The first-order chi connectivity index (χ1) is 11.2. The Balaban J connectivity index is 1.48. The summed E-state index contributed by atoms with van der Waals surface area (Å²) in [5.41, 5.74) is 1.09. The Morgan fingerprint density at radius 1 is 1.35 bits per heavy atom. The fourth-order valence-electron chi connectivity index (χ4n) is 3.04. The van der Waals surface area contributed by atoms with Gasteiger partial charge in [-0.2, -0.15) is 5.10 Å². The predicted octanol–water partition coefficient (Wildman–Crippen LogP) is 2.47. The average Bonchev–Trinajstić information content (AvgIpc) is 3.16. The number of carbonyl (C=O) groups excluding carboxylic acids is 1. The number of nitrogens with one attached hydrogen (secondary N) is 1. The first kappa shape index (κ1) is 15.6. The van der Waals surface area contributed by atoms with E-state index in [0.29, 0.717) is 6.42 Å². The lowest BCUT2D eigenvalue weighted by atomic mass is 10.1. The highest BCUT2D eigenvalue weighted by Gasteiger charge is 2.30. The summed E-state index contributed by atoms with van der Waals surface area (Å²) in [4.78, 5) is 12.2. The van der Waals surface area contributed by atoms with Gasteiger partial charge < -0.3 is 10.1 Å². The van der Waals surface area contributed by atoms with E-state index in [1.807, 2.05) is 49.8 Å². The third kappa shape index (κ3) is 4.34. The largest absolute Gasteiger partial charge is 0.488 e. The second-order valence-electron chi connectivity index (χ2n) is 6.10. The standard InChI is InChI=1S/C18H23N3O2/c1-21-13-14(12-19-21)10-11-18(22)20-16-8-5-9-17(16)23-15-6-3-2-4-7-15/h2-4,6-7,12-13,16-17H,5,8-11H2,1H3,(H,20,22)/t16-,17+/m1/s1. The Morgan fingerprint density at radius 3 is 2.91 bits per heavy atom. The molecule has 1 aliphatic rings. The number of aryl methyl sites for hydroxylation is 2. The predicted molar refractivity (Wildman–Crippen MR) is 88.2 cm³/mol. The SMILES string of the molecule is Cn1cc(CCC(=O)N[C@@H]2CCC[C@@H]2Oc2ccccc2)cn1. The van der Waals surface area contributed by atoms with Crippen molar-refractivity contribution in [1.29, 1.82) is 0 Å². The van der Waals surface area contributed by atoms with Gasteiger partial charge in [-0.1, -0.05) is 18.2 Å². The number of para-hydroxylation sites is 1. The topological polar surface area (TPSA) is 56.2 Å². The lowest BCUT2D eigenvalue weighted by molar-refractivity contribution is -0.122. The van der Waals surface area contributed by atoms with Crippen LogP contribution < -0.4 is 10.1 Å². The zero-order valence-corrected chi connectivity index (χ0v) is 13.4. The van der Waals surface area contributed by atoms with Crippen molar-refractivity contribution >= 4 is 5.91 Å². The molecule has 5 nitrogen and oxygen atoms in total. The minimum Gasteiger partial charge on any atom is -0.488 e. The maximum atomic E-state index is 12.2. The number of hydrogen-bond acceptors (Lipinski definition) is 3. The summed E-state index contributed by atoms with van der Waals surface area (Å²) in [5, 5.41) is 7.26. The summed E-state index contributed by atoms with van der Waals surface area (Å²) < 4.78 is 7.78. The van der Waals surface area contributed by atoms with E-state index < -0.39 is 0 Å². The molecule has 2 aromatic rings. The molecular formula is C18H23N3O2. The van der Waals surface area contributed by atoms with Crippen molar-refractivity contribution < 1.29 is 9.53 Å². The van der Waals surface area contributed by atoms with Crippen LogP contribution in [0.3, 0.4) is 0 Å². The zero-order valence-electron chi connectivity index (χ0n) is 13.4. The Morgan fingerprint density at radius 2 is 2.17 bits per heavy atom. The number of benzene rings is 1. The number of ether oxygens (including phenoxy) is 1. The summed E-state index contributed by atoms with van der Waals surface area (Å²) >= 11 is 0. The van der Waals surface area contributed by atoms with E-state index in [4.69, 9.17) is 4.74 Å². The maximum absolute atomic E-state index is 12.2. The number of aromatic nitrogens is 2. The van der Waals surface area contributed by atoms with Crippen LogP contribution in [-0.4, -0.2) is 27.8 Å². The first-order valence-electron chi connectivity index (χ1n) is 8.19. The van der Waals surface area contributed by atoms with Crippen molar-refractivity contribution in [3.63, 3.8) is 0 Å². The number of rotatable bonds is 6. The molecule has 1 heterocycles. The van der Waals surface area contributed by atoms with E-state index in [1.165, 1.54) is 0 Å². The molecule has 5 heteroatoms. The summed E-state index contributed by atoms with van der Waals surface area (Å²) in [6.45, 7) is 0. The Hall–Kier alpha value is -2.30. The highest BCUT2D eigenvalue weighted by molar-refractivity contribution is 5.76. The van der Waals surface area contributed by atoms with E-state index in [1.54, 1.807) is 4.68 Å². The molecule has 0 unspecified atom stereocenters. The van der Waals surface area contributed by atoms with Crippen LogP contribution in [0.1, 0.15) is 31.2 Å². The molecular weight excluding hydrogens is 290 g/mol. The van der Waals surface area contributed by atoms with Crippen molar-refractivity contribution in [1.82, 2.24) is 15.1 Å². The van der Waals surface area contributed by atoms with Gasteiger partial charge in [0.15, 0.2) is 0 Å². The van der Waals surface area contributed by atoms with Crippen molar-refractivity contribution in [2.24, 2.45) is 7.05 Å². The monoisotopic (exact) mass is 313 g/mol. The molecule has 1 aromatic carbocycles. The van der Waals surface area contributed by atoms with Crippen LogP contribution >= 0.6 is 0 Å². The van der Waals surface area contributed by atoms with Gasteiger partial charge in [-0.25, -0.2) is 0 Å². The van der Waals surface area contributed by atoms with E-state index in [9.17, 15) is 4.79 Å². The molecule has 1 fully saturated rings. The maximum Gasteiger partial charge on any atom is 0.220 e. The highest BCUT2D eigenvalue weighted by Crippen LogP contribution is 2.24. The molecule has 1 aliphatic carbocycles.